The van der Waals surface area contributed by atoms with Crippen LogP contribution >= 0.6 is 11.8 Å². The largest absolute Gasteiger partial charge is 0.381 e. The van der Waals surface area contributed by atoms with Crippen LogP contribution < -0.4 is 10.6 Å². The van der Waals surface area contributed by atoms with Crippen LogP contribution in [0.1, 0.15) is 143 Å². The summed E-state index contributed by atoms with van der Waals surface area (Å²) in [5, 5.41) is 7.83. The molecule has 0 heterocycles. The van der Waals surface area contributed by atoms with Crippen LogP contribution in [0.4, 0.5) is 11.4 Å². The molecule has 0 aliphatic heterocycles. The van der Waals surface area contributed by atoms with Crippen LogP contribution in [0.25, 0.3) is 0 Å². The first-order valence-corrected chi connectivity index (χ1v) is 17.3. The maximum absolute atomic E-state index is 3.94. The van der Waals surface area contributed by atoms with Crippen molar-refractivity contribution < 1.29 is 0 Å². The molecule has 2 N–H and O–H groups in total. The Balaban J connectivity index is 1.90. The van der Waals surface area contributed by atoms with E-state index in [9.17, 15) is 0 Å². The van der Waals surface area contributed by atoms with E-state index < -0.39 is 0 Å². The second-order valence-corrected chi connectivity index (χ2v) is 12.8. The van der Waals surface area contributed by atoms with Crippen LogP contribution in [0.15, 0.2) is 58.3 Å². The number of hydrogen-bond donors (Lipinski definition) is 2. The maximum atomic E-state index is 3.94. The number of anilines is 2. The lowest BCUT2D eigenvalue weighted by Gasteiger charge is -2.24. The fourth-order valence-electron chi connectivity index (χ4n) is 5.33. The molecule has 0 saturated carbocycles. The summed E-state index contributed by atoms with van der Waals surface area (Å²) in [5.41, 5.74) is 2.53. The second kappa shape index (κ2) is 22.1. The van der Waals surface area contributed by atoms with Crippen LogP contribution in [0.5, 0.6) is 0 Å². The third kappa shape index (κ3) is 15.7. The van der Waals surface area contributed by atoms with Crippen molar-refractivity contribution in [1.82, 2.24) is 0 Å². The molecule has 0 bridgehead atoms. The zero-order valence-electron chi connectivity index (χ0n) is 25.9. The van der Waals surface area contributed by atoms with Crippen molar-refractivity contribution in [3.8, 4) is 0 Å². The molecule has 0 aliphatic carbocycles. The van der Waals surface area contributed by atoms with Crippen molar-refractivity contribution in [3.05, 3.63) is 48.5 Å². The van der Waals surface area contributed by atoms with Gasteiger partial charge in [-0.25, -0.2) is 0 Å². The summed E-state index contributed by atoms with van der Waals surface area (Å²) in [6, 6.07) is 18.5. The van der Waals surface area contributed by atoms with Crippen molar-refractivity contribution in [3.63, 3.8) is 0 Å². The third-order valence-electron chi connectivity index (χ3n) is 7.77. The van der Waals surface area contributed by atoms with Gasteiger partial charge in [0.1, 0.15) is 0 Å². The van der Waals surface area contributed by atoms with Gasteiger partial charge < -0.3 is 10.6 Å². The van der Waals surface area contributed by atoms with E-state index in [1.807, 2.05) is 11.8 Å². The van der Waals surface area contributed by atoms with Crippen molar-refractivity contribution >= 4 is 23.1 Å². The van der Waals surface area contributed by atoms with E-state index in [0.717, 1.165) is 0 Å². The number of nitrogens with one attached hydrogen (secondary N) is 2. The molecular weight excluding hydrogens is 492 g/mol. The van der Waals surface area contributed by atoms with E-state index in [2.05, 4.69) is 86.9 Å². The summed E-state index contributed by atoms with van der Waals surface area (Å²) in [6.07, 6.45) is 24.5. The monoisotopic (exact) mass is 552 g/mol. The lowest BCUT2D eigenvalue weighted by Crippen LogP contribution is -2.20. The Kier molecular flexibility index (Phi) is 19.1. The number of benzene rings is 2. The van der Waals surface area contributed by atoms with Gasteiger partial charge in [0.05, 0.1) is 11.4 Å². The highest BCUT2D eigenvalue weighted by Crippen LogP contribution is 2.39. The van der Waals surface area contributed by atoms with Crippen molar-refractivity contribution in [2.24, 2.45) is 0 Å². The summed E-state index contributed by atoms with van der Waals surface area (Å²) >= 11 is 1.87. The molecular formula is C36H60N2S. The van der Waals surface area contributed by atoms with E-state index in [4.69, 9.17) is 0 Å². The molecule has 2 atom stereocenters. The Morgan fingerprint density at radius 1 is 0.538 bits per heavy atom. The average Bonchev–Trinajstić information content (AvgIpc) is 2.94. The lowest BCUT2D eigenvalue weighted by atomic mass is 10.0. The van der Waals surface area contributed by atoms with Crippen LogP contribution in [-0.2, 0) is 0 Å². The van der Waals surface area contributed by atoms with Crippen LogP contribution in [-0.4, -0.2) is 12.1 Å². The first-order valence-electron chi connectivity index (χ1n) is 16.5. The summed E-state index contributed by atoms with van der Waals surface area (Å²) < 4.78 is 0. The van der Waals surface area contributed by atoms with Gasteiger partial charge in [0.25, 0.3) is 0 Å². The molecule has 3 heteroatoms. The van der Waals surface area contributed by atoms with Crippen LogP contribution in [0, 0.1) is 0 Å². The predicted molar refractivity (Wildman–Crippen MR) is 178 cm³/mol. The molecule has 0 radical (unpaired) electrons. The van der Waals surface area contributed by atoms with E-state index >= 15 is 0 Å². The quantitative estimate of drug-likeness (QED) is 0.127. The van der Waals surface area contributed by atoms with Gasteiger partial charge in [-0.1, -0.05) is 153 Å². The van der Waals surface area contributed by atoms with Gasteiger partial charge in [-0.2, -0.15) is 0 Å². The Morgan fingerprint density at radius 3 is 1.56 bits per heavy atom. The van der Waals surface area contributed by atoms with Gasteiger partial charge in [-0.3, -0.25) is 0 Å². The summed E-state index contributed by atoms with van der Waals surface area (Å²) in [6.45, 7) is 9.30. The van der Waals surface area contributed by atoms with E-state index in [0.29, 0.717) is 12.1 Å². The standard InChI is InChI=1S/C36H60N2S/c1-5-7-9-11-13-15-17-20-25-31(3)37-34-29-24-30-35(39-33-27-22-19-23-28-33)36(34)38-32(4)26-21-18-16-14-12-10-8-6-2/h19,22-24,27-32,37-38H,5-18,20-21,25-26H2,1-4H3. The fourth-order valence-corrected chi connectivity index (χ4v) is 6.29. The maximum Gasteiger partial charge on any atom is 0.0719 e. The summed E-state index contributed by atoms with van der Waals surface area (Å²) in [4.78, 5) is 2.61. The minimum atomic E-state index is 0.464. The second-order valence-electron chi connectivity index (χ2n) is 11.7. The van der Waals surface area contributed by atoms with Gasteiger partial charge in [0.2, 0.25) is 0 Å². The highest BCUT2D eigenvalue weighted by Gasteiger charge is 2.14. The average molecular weight is 553 g/mol. The fraction of sp³-hybridized carbons (Fsp3) is 0.667. The summed E-state index contributed by atoms with van der Waals surface area (Å²) in [7, 11) is 0. The minimum absolute atomic E-state index is 0.464. The van der Waals surface area contributed by atoms with Gasteiger partial charge in [-0.05, 0) is 51.0 Å². The normalized spacial score (nSPS) is 12.8. The van der Waals surface area contributed by atoms with Crippen molar-refractivity contribution in [2.45, 2.75) is 165 Å². The summed E-state index contributed by atoms with van der Waals surface area (Å²) in [5.74, 6) is 0. The Hall–Kier alpha value is -1.61. The molecule has 0 aliphatic rings. The minimum Gasteiger partial charge on any atom is -0.381 e. The van der Waals surface area contributed by atoms with Crippen LogP contribution in [0.3, 0.4) is 0 Å². The highest BCUT2D eigenvalue weighted by molar-refractivity contribution is 7.99. The van der Waals surface area contributed by atoms with Gasteiger partial charge in [0.15, 0.2) is 0 Å². The molecule has 0 amide bonds. The number of rotatable bonds is 24. The molecule has 2 rings (SSSR count). The van der Waals surface area contributed by atoms with Gasteiger partial charge in [0, 0.05) is 21.9 Å². The molecule has 2 aromatic carbocycles. The molecule has 220 valence electrons. The Bertz CT molecular complexity index is 837. The lowest BCUT2D eigenvalue weighted by molar-refractivity contribution is 0.549. The van der Waals surface area contributed by atoms with Gasteiger partial charge >= 0.3 is 0 Å². The van der Waals surface area contributed by atoms with E-state index in [-0.39, 0.29) is 0 Å². The molecule has 2 aromatic rings. The number of para-hydroxylation sites is 1. The van der Waals surface area contributed by atoms with E-state index in [1.165, 1.54) is 137 Å². The molecule has 39 heavy (non-hydrogen) atoms. The number of hydrogen-bond acceptors (Lipinski definition) is 3. The van der Waals surface area contributed by atoms with Gasteiger partial charge in [-0.15, -0.1) is 0 Å². The topological polar surface area (TPSA) is 24.1 Å². The van der Waals surface area contributed by atoms with Crippen LogP contribution in [0.2, 0.25) is 0 Å². The molecule has 2 unspecified atom stereocenters. The highest BCUT2D eigenvalue weighted by atomic mass is 32.2. The molecule has 2 nitrogen and oxygen atoms in total. The van der Waals surface area contributed by atoms with Crippen molar-refractivity contribution in [2.75, 3.05) is 10.6 Å². The zero-order chi connectivity index (χ0) is 28.0. The molecule has 0 spiro atoms. The molecule has 0 saturated heterocycles. The molecule has 0 fully saturated rings. The van der Waals surface area contributed by atoms with Crippen molar-refractivity contribution in [1.29, 1.82) is 0 Å². The third-order valence-corrected chi connectivity index (χ3v) is 8.84. The Labute approximate surface area is 246 Å². The van der Waals surface area contributed by atoms with E-state index in [1.54, 1.807) is 0 Å². The first kappa shape index (κ1) is 33.6. The zero-order valence-corrected chi connectivity index (χ0v) is 26.7. The Morgan fingerprint density at radius 2 is 1.03 bits per heavy atom. The predicted octanol–water partition coefficient (Wildman–Crippen LogP) is 12.5. The molecule has 0 aromatic heterocycles. The smallest absolute Gasteiger partial charge is 0.0719 e. The number of unbranched alkanes of at least 4 members (excludes halogenated alkanes) is 14. The SMILES string of the molecule is CCCCCCCCCCC(C)Nc1cccc(Sc2ccccc2)c1NC(C)CCCCCCCCCC. The first-order chi connectivity index (χ1) is 19.1.